The summed E-state index contributed by atoms with van der Waals surface area (Å²) in [5.41, 5.74) is 2.60. The van der Waals surface area contributed by atoms with Gasteiger partial charge in [0, 0.05) is 18.6 Å². The molecule has 1 aliphatic rings. The van der Waals surface area contributed by atoms with E-state index < -0.39 is 5.82 Å². The first kappa shape index (κ1) is 25.7. The smallest absolute Gasteiger partial charge is 0.200 e. The molecule has 0 aliphatic heterocycles. The minimum absolute atomic E-state index is 0.255. The molecule has 0 unspecified atom stereocenters. The zero-order valence-electron chi connectivity index (χ0n) is 21.1. The van der Waals surface area contributed by atoms with E-state index in [-0.39, 0.29) is 5.60 Å². The number of aryl methyl sites for hydroxylation is 1. The van der Waals surface area contributed by atoms with Crippen LogP contribution in [0.4, 0.5) is 15.9 Å². The lowest BCUT2D eigenvalue weighted by Gasteiger charge is -2.21. The maximum atomic E-state index is 14.0. The minimum atomic E-state index is -0.441. The summed E-state index contributed by atoms with van der Waals surface area (Å²) < 4.78 is 15.8. The van der Waals surface area contributed by atoms with Crippen molar-refractivity contribution in [1.29, 1.82) is 0 Å². The molecule has 190 valence electrons. The van der Waals surface area contributed by atoms with E-state index in [1.165, 1.54) is 44.5 Å². The Kier molecular flexibility index (Phi) is 8.59. The maximum Gasteiger partial charge on any atom is 0.200 e. The molecular weight excluding hydrogens is 455 g/mol. The van der Waals surface area contributed by atoms with Crippen molar-refractivity contribution in [1.82, 2.24) is 24.6 Å². The first-order valence-corrected chi connectivity index (χ1v) is 12.9. The molecule has 4 heterocycles. The number of fused-ring (bicyclic) bond motifs is 1. The molecule has 2 N–H and O–H groups in total. The second-order valence-electron chi connectivity index (χ2n) is 9.36. The number of hydrogen-bond acceptors (Lipinski definition) is 6. The number of rotatable bonds is 8. The SMILES string of the molecule is CCCCCC1(O)CCCC1.CCc1ccn2nc(-c3ccccn3)nc(Nc3ccncc3F)c12. The van der Waals surface area contributed by atoms with Crippen molar-refractivity contribution in [3.8, 4) is 11.5 Å². The van der Waals surface area contributed by atoms with E-state index in [0.717, 1.165) is 36.8 Å². The predicted octanol–water partition coefficient (Wildman–Crippen LogP) is 6.50. The molecule has 1 saturated carbocycles. The van der Waals surface area contributed by atoms with Gasteiger partial charge in [-0.25, -0.2) is 13.9 Å². The van der Waals surface area contributed by atoms with Gasteiger partial charge in [0.15, 0.2) is 11.6 Å². The van der Waals surface area contributed by atoms with Crippen molar-refractivity contribution in [3.05, 3.63) is 66.5 Å². The molecule has 0 bridgehead atoms. The highest BCUT2D eigenvalue weighted by Gasteiger charge is 2.29. The number of aliphatic hydroxyl groups is 1. The van der Waals surface area contributed by atoms with Crippen LogP contribution in [0.2, 0.25) is 0 Å². The number of hydrogen-bond donors (Lipinski definition) is 2. The first-order valence-electron chi connectivity index (χ1n) is 12.9. The van der Waals surface area contributed by atoms with Crippen molar-refractivity contribution in [3.63, 3.8) is 0 Å². The zero-order chi connectivity index (χ0) is 25.4. The van der Waals surface area contributed by atoms with Crippen LogP contribution in [-0.4, -0.2) is 35.3 Å². The van der Waals surface area contributed by atoms with Gasteiger partial charge in [-0.3, -0.25) is 9.97 Å². The highest BCUT2D eigenvalue weighted by Crippen LogP contribution is 2.33. The zero-order valence-corrected chi connectivity index (χ0v) is 21.1. The summed E-state index contributed by atoms with van der Waals surface area (Å²) >= 11 is 0. The van der Waals surface area contributed by atoms with Crippen LogP contribution in [0.3, 0.4) is 0 Å². The van der Waals surface area contributed by atoms with Gasteiger partial charge in [0.05, 0.1) is 17.5 Å². The van der Waals surface area contributed by atoms with Gasteiger partial charge in [0.1, 0.15) is 11.2 Å². The number of unbranched alkanes of at least 4 members (excludes halogenated alkanes) is 2. The lowest BCUT2D eigenvalue weighted by molar-refractivity contribution is 0.0363. The number of pyridine rings is 2. The summed E-state index contributed by atoms with van der Waals surface area (Å²) in [5.74, 6) is 0.550. The van der Waals surface area contributed by atoms with E-state index in [1.807, 2.05) is 30.5 Å². The number of anilines is 2. The van der Waals surface area contributed by atoms with Crippen LogP contribution in [0.25, 0.3) is 17.0 Å². The van der Waals surface area contributed by atoms with Gasteiger partial charge in [-0.05, 0) is 55.5 Å². The Hall–Kier alpha value is -3.39. The Morgan fingerprint density at radius 3 is 2.61 bits per heavy atom. The average molecular weight is 491 g/mol. The first-order chi connectivity index (χ1) is 17.5. The van der Waals surface area contributed by atoms with Gasteiger partial charge >= 0.3 is 0 Å². The summed E-state index contributed by atoms with van der Waals surface area (Å²) in [7, 11) is 0. The Bertz CT molecular complexity index is 1250. The summed E-state index contributed by atoms with van der Waals surface area (Å²) in [5, 5.41) is 17.5. The standard InChI is InChI=1S/C18H15FN6.C10H20O/c1-2-12-7-10-25-16(12)18(22-14-6-9-20-11-13(14)19)23-17(24-25)15-5-3-4-8-21-15;1-2-3-4-7-10(11)8-5-6-9-10/h3-11H,2H2,1H3,(H,20,22,23,24);11H,2-9H2,1H3. The predicted molar refractivity (Wildman–Crippen MR) is 141 cm³/mol. The summed E-state index contributed by atoms with van der Waals surface area (Å²) in [4.78, 5) is 12.7. The molecule has 1 aliphatic carbocycles. The summed E-state index contributed by atoms with van der Waals surface area (Å²) in [6.45, 7) is 4.26. The van der Waals surface area contributed by atoms with Crippen LogP contribution in [-0.2, 0) is 6.42 Å². The Morgan fingerprint density at radius 1 is 1.08 bits per heavy atom. The van der Waals surface area contributed by atoms with Gasteiger partial charge < -0.3 is 10.4 Å². The number of aromatic nitrogens is 5. The third-order valence-corrected chi connectivity index (χ3v) is 6.68. The van der Waals surface area contributed by atoms with Crippen LogP contribution in [0.1, 0.15) is 70.8 Å². The van der Waals surface area contributed by atoms with E-state index in [9.17, 15) is 9.50 Å². The van der Waals surface area contributed by atoms with Crippen LogP contribution in [0, 0.1) is 5.82 Å². The molecular formula is C28H35FN6O. The third kappa shape index (κ3) is 6.23. The Morgan fingerprint density at radius 2 is 1.92 bits per heavy atom. The molecule has 5 rings (SSSR count). The third-order valence-electron chi connectivity index (χ3n) is 6.68. The Balaban J connectivity index is 0.000000233. The fourth-order valence-corrected chi connectivity index (χ4v) is 4.66. The second-order valence-corrected chi connectivity index (χ2v) is 9.36. The normalized spacial score (nSPS) is 14.4. The van der Waals surface area contributed by atoms with E-state index in [2.05, 4.69) is 39.2 Å². The van der Waals surface area contributed by atoms with E-state index in [0.29, 0.717) is 23.0 Å². The van der Waals surface area contributed by atoms with Crippen molar-refractivity contribution >= 4 is 17.0 Å². The Labute approximate surface area is 211 Å². The number of nitrogens with one attached hydrogen (secondary N) is 1. The van der Waals surface area contributed by atoms with E-state index >= 15 is 0 Å². The molecule has 0 spiro atoms. The highest BCUT2D eigenvalue weighted by molar-refractivity contribution is 5.78. The van der Waals surface area contributed by atoms with E-state index in [1.54, 1.807) is 16.8 Å². The number of nitrogens with zero attached hydrogens (tertiary/aromatic N) is 5. The van der Waals surface area contributed by atoms with Crippen molar-refractivity contribution in [2.24, 2.45) is 0 Å². The highest BCUT2D eigenvalue weighted by atomic mass is 19.1. The van der Waals surface area contributed by atoms with Crippen LogP contribution in [0.5, 0.6) is 0 Å². The summed E-state index contributed by atoms with van der Waals surface area (Å²) in [6.07, 6.45) is 16.4. The monoisotopic (exact) mass is 490 g/mol. The van der Waals surface area contributed by atoms with Gasteiger partial charge in [-0.2, -0.15) is 0 Å². The van der Waals surface area contributed by atoms with E-state index in [4.69, 9.17) is 0 Å². The fraction of sp³-hybridized carbons (Fsp3) is 0.429. The van der Waals surface area contributed by atoms with Gasteiger partial charge in [0.2, 0.25) is 5.82 Å². The maximum absolute atomic E-state index is 14.0. The van der Waals surface area contributed by atoms with Crippen molar-refractivity contribution in [2.45, 2.75) is 77.2 Å². The number of halogens is 1. The van der Waals surface area contributed by atoms with Gasteiger partial charge in [0.25, 0.3) is 0 Å². The second kappa shape index (κ2) is 12.0. The minimum Gasteiger partial charge on any atom is -0.390 e. The van der Waals surface area contributed by atoms with Crippen LogP contribution in [0.15, 0.2) is 55.1 Å². The molecule has 4 aromatic rings. The molecule has 1 fully saturated rings. The molecule has 7 nitrogen and oxygen atoms in total. The topological polar surface area (TPSA) is 88.2 Å². The lowest BCUT2D eigenvalue weighted by atomic mass is 9.95. The lowest BCUT2D eigenvalue weighted by Crippen LogP contribution is -2.23. The molecule has 8 heteroatoms. The van der Waals surface area contributed by atoms with Crippen molar-refractivity contribution in [2.75, 3.05) is 5.32 Å². The fourth-order valence-electron chi connectivity index (χ4n) is 4.66. The molecule has 0 aromatic carbocycles. The molecule has 0 radical (unpaired) electrons. The average Bonchev–Trinajstić information content (AvgIpc) is 3.53. The quantitative estimate of drug-likeness (QED) is 0.274. The van der Waals surface area contributed by atoms with Crippen LogP contribution >= 0.6 is 0 Å². The van der Waals surface area contributed by atoms with Crippen LogP contribution < -0.4 is 5.32 Å². The van der Waals surface area contributed by atoms with Crippen molar-refractivity contribution < 1.29 is 9.50 Å². The molecule has 4 aromatic heterocycles. The van der Waals surface area contributed by atoms with Gasteiger partial charge in [-0.15, -0.1) is 5.10 Å². The summed E-state index contributed by atoms with van der Waals surface area (Å²) in [6, 6.07) is 9.10. The molecule has 0 saturated heterocycles. The molecule has 0 amide bonds. The largest absolute Gasteiger partial charge is 0.390 e. The van der Waals surface area contributed by atoms with Gasteiger partial charge in [-0.1, -0.05) is 52.0 Å². The molecule has 36 heavy (non-hydrogen) atoms. The molecule has 0 atom stereocenters.